The molecule has 88 valence electrons. The minimum absolute atomic E-state index is 0.0183. The molecule has 0 heterocycles. The Kier molecular flexibility index (Phi) is 2.49. The number of benzene rings is 2. The molecule has 0 aromatic heterocycles. The average molecular weight is 236 g/mol. The van der Waals surface area contributed by atoms with Crippen molar-refractivity contribution in [2.24, 2.45) is 0 Å². The predicted octanol–water partition coefficient (Wildman–Crippen LogP) is 3.21. The van der Waals surface area contributed by atoms with Crippen LogP contribution in [0.5, 0.6) is 5.75 Å². The molecule has 1 aliphatic rings. The molecule has 0 fully saturated rings. The minimum Gasteiger partial charge on any atom is -0.508 e. The maximum absolute atomic E-state index is 12.2. The standard InChI is InChI=1S/C16H12O2/c17-15-8-4-7-13-14(15)10-12(16(13)18)9-11-5-2-1-3-6-11/h1-9,17H,10H2. The van der Waals surface area contributed by atoms with Gasteiger partial charge in [0.1, 0.15) is 5.75 Å². The molecule has 2 aromatic carbocycles. The first kappa shape index (κ1) is 10.8. The average Bonchev–Trinajstić information content (AvgIpc) is 2.70. The quantitative estimate of drug-likeness (QED) is 0.772. The van der Waals surface area contributed by atoms with Gasteiger partial charge in [0.25, 0.3) is 0 Å². The highest BCUT2D eigenvalue weighted by molar-refractivity contribution is 6.16. The molecule has 0 atom stereocenters. The van der Waals surface area contributed by atoms with Crippen LogP contribution in [-0.4, -0.2) is 10.9 Å². The van der Waals surface area contributed by atoms with E-state index in [9.17, 15) is 9.90 Å². The lowest BCUT2D eigenvalue weighted by Crippen LogP contribution is -1.94. The van der Waals surface area contributed by atoms with Gasteiger partial charge in [0.2, 0.25) is 0 Å². The van der Waals surface area contributed by atoms with Gasteiger partial charge in [0.15, 0.2) is 5.78 Å². The van der Waals surface area contributed by atoms with Crippen molar-refractivity contribution in [3.8, 4) is 5.75 Å². The van der Waals surface area contributed by atoms with Crippen LogP contribution in [-0.2, 0) is 6.42 Å². The number of allylic oxidation sites excluding steroid dienone is 1. The number of hydrogen-bond acceptors (Lipinski definition) is 2. The van der Waals surface area contributed by atoms with Gasteiger partial charge in [-0.15, -0.1) is 0 Å². The zero-order valence-electron chi connectivity index (χ0n) is 9.76. The number of phenols is 1. The summed E-state index contributed by atoms with van der Waals surface area (Å²) < 4.78 is 0. The maximum atomic E-state index is 12.2. The van der Waals surface area contributed by atoms with Crippen LogP contribution in [0.2, 0.25) is 0 Å². The minimum atomic E-state index is 0.0183. The summed E-state index contributed by atoms with van der Waals surface area (Å²) in [6.45, 7) is 0. The Labute approximate surface area is 105 Å². The van der Waals surface area contributed by atoms with Crippen molar-refractivity contribution in [3.05, 3.63) is 70.8 Å². The van der Waals surface area contributed by atoms with E-state index in [4.69, 9.17) is 0 Å². The lowest BCUT2D eigenvalue weighted by Gasteiger charge is -1.97. The molecule has 0 saturated carbocycles. The third-order valence-corrected chi connectivity index (χ3v) is 3.20. The Bertz CT molecular complexity index is 639. The Morgan fingerprint density at radius 3 is 2.50 bits per heavy atom. The molecular weight excluding hydrogens is 224 g/mol. The van der Waals surface area contributed by atoms with Crippen molar-refractivity contribution >= 4 is 11.9 Å². The Balaban J connectivity index is 2.03. The lowest BCUT2D eigenvalue weighted by atomic mass is 10.1. The van der Waals surface area contributed by atoms with E-state index in [0.29, 0.717) is 12.0 Å². The number of phenolic OH excluding ortho intramolecular Hbond substituents is 1. The highest BCUT2D eigenvalue weighted by Gasteiger charge is 2.26. The van der Waals surface area contributed by atoms with Gasteiger partial charge in [0.05, 0.1) is 0 Å². The van der Waals surface area contributed by atoms with E-state index in [2.05, 4.69) is 0 Å². The second-order valence-electron chi connectivity index (χ2n) is 4.39. The fraction of sp³-hybridized carbons (Fsp3) is 0.0625. The maximum Gasteiger partial charge on any atom is 0.189 e. The van der Waals surface area contributed by atoms with Gasteiger partial charge < -0.3 is 5.11 Å². The summed E-state index contributed by atoms with van der Waals surface area (Å²) in [5.74, 6) is 0.224. The third-order valence-electron chi connectivity index (χ3n) is 3.20. The molecular formula is C16H12O2. The van der Waals surface area contributed by atoms with Crippen LogP contribution in [0.1, 0.15) is 21.5 Å². The van der Waals surface area contributed by atoms with E-state index >= 15 is 0 Å². The second-order valence-corrected chi connectivity index (χ2v) is 4.39. The third kappa shape index (κ3) is 1.72. The Morgan fingerprint density at radius 2 is 1.78 bits per heavy atom. The highest BCUT2D eigenvalue weighted by Crippen LogP contribution is 2.33. The normalized spacial score (nSPS) is 16.0. The number of fused-ring (bicyclic) bond motifs is 1. The van der Waals surface area contributed by atoms with Crippen LogP contribution in [0.15, 0.2) is 54.1 Å². The molecule has 2 nitrogen and oxygen atoms in total. The molecule has 0 saturated heterocycles. The Hall–Kier alpha value is -2.35. The van der Waals surface area contributed by atoms with Crippen molar-refractivity contribution in [1.29, 1.82) is 0 Å². The summed E-state index contributed by atoms with van der Waals surface area (Å²) in [5.41, 5.74) is 3.10. The van der Waals surface area contributed by atoms with Gasteiger partial charge in [-0.25, -0.2) is 0 Å². The van der Waals surface area contributed by atoms with Crippen molar-refractivity contribution in [3.63, 3.8) is 0 Å². The monoisotopic (exact) mass is 236 g/mol. The number of carbonyl (C=O) groups excluding carboxylic acids is 1. The number of ketones is 1. The first-order valence-corrected chi connectivity index (χ1v) is 5.87. The molecule has 3 rings (SSSR count). The van der Waals surface area contributed by atoms with Gasteiger partial charge in [0, 0.05) is 23.1 Å². The fourth-order valence-electron chi connectivity index (χ4n) is 2.28. The van der Waals surface area contributed by atoms with Gasteiger partial charge in [-0.1, -0.05) is 42.5 Å². The number of rotatable bonds is 1. The van der Waals surface area contributed by atoms with Crippen molar-refractivity contribution < 1.29 is 9.90 Å². The molecule has 0 amide bonds. The molecule has 0 radical (unpaired) electrons. The smallest absolute Gasteiger partial charge is 0.189 e. The molecule has 2 heteroatoms. The fourth-order valence-corrected chi connectivity index (χ4v) is 2.28. The van der Waals surface area contributed by atoms with Crippen LogP contribution in [0, 0.1) is 0 Å². The van der Waals surface area contributed by atoms with Crippen molar-refractivity contribution in [2.45, 2.75) is 6.42 Å². The van der Waals surface area contributed by atoms with E-state index in [0.717, 1.165) is 16.7 Å². The molecule has 18 heavy (non-hydrogen) atoms. The van der Waals surface area contributed by atoms with Crippen LogP contribution in [0.4, 0.5) is 0 Å². The lowest BCUT2D eigenvalue weighted by molar-refractivity contribution is 0.104. The summed E-state index contributed by atoms with van der Waals surface area (Å²) in [5, 5.41) is 9.75. The molecule has 0 spiro atoms. The number of hydrogen-bond donors (Lipinski definition) is 1. The number of aromatic hydroxyl groups is 1. The zero-order valence-corrected chi connectivity index (χ0v) is 9.76. The van der Waals surface area contributed by atoms with Gasteiger partial charge in [-0.05, 0) is 17.7 Å². The highest BCUT2D eigenvalue weighted by atomic mass is 16.3. The molecule has 0 aliphatic heterocycles. The van der Waals surface area contributed by atoms with Gasteiger partial charge >= 0.3 is 0 Å². The van der Waals surface area contributed by atoms with Crippen molar-refractivity contribution in [2.75, 3.05) is 0 Å². The summed E-state index contributed by atoms with van der Waals surface area (Å²) in [6.07, 6.45) is 2.40. The van der Waals surface area contributed by atoms with Gasteiger partial charge in [-0.2, -0.15) is 0 Å². The molecule has 1 aliphatic carbocycles. The van der Waals surface area contributed by atoms with Crippen LogP contribution < -0.4 is 0 Å². The van der Waals surface area contributed by atoms with E-state index in [1.807, 2.05) is 36.4 Å². The summed E-state index contributed by atoms with van der Waals surface area (Å²) in [4.78, 5) is 12.2. The van der Waals surface area contributed by atoms with E-state index < -0.39 is 0 Å². The van der Waals surface area contributed by atoms with Crippen molar-refractivity contribution in [1.82, 2.24) is 0 Å². The largest absolute Gasteiger partial charge is 0.508 e. The summed E-state index contributed by atoms with van der Waals surface area (Å²) in [7, 11) is 0. The predicted molar refractivity (Wildman–Crippen MR) is 70.6 cm³/mol. The first-order valence-electron chi connectivity index (χ1n) is 5.87. The SMILES string of the molecule is O=C1C(=Cc2ccccc2)Cc2c(O)cccc21. The topological polar surface area (TPSA) is 37.3 Å². The van der Waals surface area contributed by atoms with Crippen LogP contribution >= 0.6 is 0 Å². The van der Waals surface area contributed by atoms with Gasteiger partial charge in [-0.3, -0.25) is 4.79 Å². The van der Waals surface area contributed by atoms with Crippen LogP contribution in [0.3, 0.4) is 0 Å². The van der Waals surface area contributed by atoms with E-state index in [-0.39, 0.29) is 11.5 Å². The van der Waals surface area contributed by atoms with E-state index in [1.54, 1.807) is 18.2 Å². The zero-order chi connectivity index (χ0) is 12.5. The molecule has 2 aromatic rings. The summed E-state index contributed by atoms with van der Waals surface area (Å²) in [6, 6.07) is 14.8. The molecule has 0 unspecified atom stereocenters. The molecule has 0 bridgehead atoms. The van der Waals surface area contributed by atoms with E-state index in [1.165, 1.54) is 0 Å². The first-order chi connectivity index (χ1) is 8.75. The van der Waals surface area contributed by atoms with Crippen LogP contribution in [0.25, 0.3) is 6.08 Å². The Morgan fingerprint density at radius 1 is 1.00 bits per heavy atom. The number of carbonyl (C=O) groups is 1. The number of Topliss-reactive ketones (excluding diaryl/α,β-unsaturated/α-hetero) is 1. The summed E-state index contributed by atoms with van der Waals surface area (Å²) >= 11 is 0. The molecule has 1 N–H and O–H groups in total. The second kappa shape index (κ2) is 4.15.